The lowest BCUT2D eigenvalue weighted by Gasteiger charge is -2.27. The summed E-state index contributed by atoms with van der Waals surface area (Å²) in [7, 11) is 1.73. The molecule has 1 aromatic rings. The van der Waals surface area contributed by atoms with Crippen LogP contribution in [0.25, 0.3) is 0 Å². The summed E-state index contributed by atoms with van der Waals surface area (Å²) in [6.45, 7) is 3.45. The van der Waals surface area contributed by atoms with Gasteiger partial charge in [-0.25, -0.2) is 0 Å². The molecule has 1 fully saturated rings. The summed E-state index contributed by atoms with van der Waals surface area (Å²) in [6.07, 6.45) is 1.68. The van der Waals surface area contributed by atoms with Crippen molar-refractivity contribution in [1.82, 2.24) is 10.6 Å². The second kappa shape index (κ2) is 9.71. The van der Waals surface area contributed by atoms with Gasteiger partial charge in [0, 0.05) is 37.2 Å². The second-order valence-electron chi connectivity index (χ2n) is 5.93. The summed E-state index contributed by atoms with van der Waals surface area (Å²) in [5, 5.41) is 16.4. The molecule has 6 nitrogen and oxygen atoms in total. The molecule has 1 aromatic carbocycles. The van der Waals surface area contributed by atoms with E-state index in [-0.39, 0.29) is 12.0 Å². The molecule has 134 valence electrons. The van der Waals surface area contributed by atoms with Gasteiger partial charge in [0.15, 0.2) is 5.96 Å². The predicted molar refractivity (Wildman–Crippen MR) is 95.9 cm³/mol. The van der Waals surface area contributed by atoms with E-state index in [0.29, 0.717) is 30.7 Å². The van der Waals surface area contributed by atoms with E-state index in [4.69, 9.17) is 21.1 Å². The maximum atomic E-state index is 9.26. The van der Waals surface area contributed by atoms with Crippen LogP contribution < -0.4 is 15.4 Å². The summed E-state index contributed by atoms with van der Waals surface area (Å²) in [6, 6.07) is 7.33. The summed E-state index contributed by atoms with van der Waals surface area (Å²) in [5.74, 6) is 1.46. The molecule has 1 unspecified atom stereocenters. The van der Waals surface area contributed by atoms with Crippen LogP contribution in [0, 0.1) is 5.41 Å². The lowest BCUT2D eigenvalue weighted by Crippen LogP contribution is -2.45. The van der Waals surface area contributed by atoms with Crippen molar-refractivity contribution in [2.24, 2.45) is 10.4 Å². The quantitative estimate of drug-likeness (QED) is 0.376. The number of hydrogen-bond acceptors (Lipinski definition) is 4. The van der Waals surface area contributed by atoms with Gasteiger partial charge in [-0.2, -0.15) is 0 Å². The van der Waals surface area contributed by atoms with E-state index >= 15 is 0 Å². The van der Waals surface area contributed by atoms with Crippen molar-refractivity contribution >= 4 is 17.6 Å². The van der Waals surface area contributed by atoms with Crippen molar-refractivity contribution in [3.05, 3.63) is 29.3 Å². The Morgan fingerprint density at radius 1 is 1.46 bits per heavy atom. The fraction of sp³-hybridized carbons (Fsp3) is 0.588. The minimum atomic E-state index is -0.0103. The van der Waals surface area contributed by atoms with Crippen molar-refractivity contribution in [3.63, 3.8) is 0 Å². The molecule has 1 saturated heterocycles. The zero-order valence-corrected chi connectivity index (χ0v) is 14.8. The van der Waals surface area contributed by atoms with Crippen molar-refractivity contribution < 1.29 is 14.6 Å². The molecule has 1 aliphatic rings. The van der Waals surface area contributed by atoms with Gasteiger partial charge in [0.1, 0.15) is 12.4 Å². The van der Waals surface area contributed by atoms with Gasteiger partial charge >= 0.3 is 0 Å². The molecule has 2 rings (SSSR count). The first-order valence-electron chi connectivity index (χ1n) is 8.19. The van der Waals surface area contributed by atoms with Crippen LogP contribution in [-0.4, -0.2) is 57.6 Å². The average molecular weight is 356 g/mol. The number of aliphatic hydroxyl groups excluding tert-OH is 1. The molecule has 0 radical (unpaired) electrons. The van der Waals surface area contributed by atoms with Gasteiger partial charge in [0.2, 0.25) is 0 Å². The Balaban J connectivity index is 1.70. The highest BCUT2D eigenvalue weighted by Crippen LogP contribution is 2.31. The van der Waals surface area contributed by atoms with Crippen molar-refractivity contribution in [2.75, 3.05) is 46.6 Å². The Bertz CT molecular complexity index is 534. The van der Waals surface area contributed by atoms with E-state index in [1.807, 2.05) is 18.2 Å². The molecule has 7 heteroatoms. The van der Waals surface area contributed by atoms with Crippen LogP contribution in [-0.2, 0) is 4.74 Å². The number of aliphatic imine (C=N–C) groups is 1. The third kappa shape index (κ3) is 5.85. The number of halogens is 1. The maximum absolute atomic E-state index is 9.26. The third-order valence-electron chi connectivity index (χ3n) is 4.14. The van der Waals surface area contributed by atoms with Gasteiger partial charge in [-0.05, 0) is 31.0 Å². The summed E-state index contributed by atoms with van der Waals surface area (Å²) >= 11 is 5.92. The highest BCUT2D eigenvalue weighted by atomic mass is 35.5. The SMILES string of the molecule is CN=C(NCCOc1cccc(Cl)c1)NCC1(CCO)CCOC1. The molecule has 0 saturated carbocycles. The Hall–Kier alpha value is -1.50. The van der Waals surface area contributed by atoms with Crippen LogP contribution in [0.15, 0.2) is 29.3 Å². The van der Waals surface area contributed by atoms with E-state index in [1.54, 1.807) is 13.1 Å². The fourth-order valence-corrected chi connectivity index (χ4v) is 2.88. The maximum Gasteiger partial charge on any atom is 0.191 e. The molecular weight excluding hydrogens is 330 g/mol. The Labute approximate surface area is 148 Å². The molecule has 24 heavy (non-hydrogen) atoms. The van der Waals surface area contributed by atoms with Crippen molar-refractivity contribution in [2.45, 2.75) is 12.8 Å². The topological polar surface area (TPSA) is 75.1 Å². The lowest BCUT2D eigenvalue weighted by atomic mass is 9.84. The number of guanidine groups is 1. The van der Waals surface area contributed by atoms with Gasteiger partial charge in [-0.1, -0.05) is 17.7 Å². The highest BCUT2D eigenvalue weighted by molar-refractivity contribution is 6.30. The van der Waals surface area contributed by atoms with Crippen LogP contribution in [0.4, 0.5) is 0 Å². The number of aliphatic hydroxyl groups is 1. The van der Waals surface area contributed by atoms with Crippen molar-refractivity contribution in [3.8, 4) is 5.75 Å². The molecule has 0 spiro atoms. The van der Waals surface area contributed by atoms with E-state index in [2.05, 4.69) is 15.6 Å². The predicted octanol–water partition coefficient (Wildman–Crippen LogP) is 1.67. The van der Waals surface area contributed by atoms with Crippen molar-refractivity contribution in [1.29, 1.82) is 0 Å². The summed E-state index contributed by atoms with van der Waals surface area (Å²) in [4.78, 5) is 4.21. The first-order chi connectivity index (χ1) is 11.7. The number of ether oxygens (including phenoxy) is 2. The minimum absolute atomic E-state index is 0.0103. The van der Waals surface area contributed by atoms with E-state index in [1.165, 1.54) is 0 Å². The fourth-order valence-electron chi connectivity index (χ4n) is 2.70. The van der Waals surface area contributed by atoms with Crippen LogP contribution >= 0.6 is 11.6 Å². The van der Waals surface area contributed by atoms with Crippen LogP contribution in [0.1, 0.15) is 12.8 Å². The Morgan fingerprint density at radius 2 is 2.33 bits per heavy atom. The van der Waals surface area contributed by atoms with Gasteiger partial charge < -0.3 is 25.2 Å². The number of nitrogens with one attached hydrogen (secondary N) is 2. The molecular formula is C17H26ClN3O3. The van der Waals surface area contributed by atoms with E-state index in [0.717, 1.165) is 31.7 Å². The molecule has 0 aliphatic carbocycles. The Morgan fingerprint density at radius 3 is 3.00 bits per heavy atom. The van der Waals surface area contributed by atoms with Gasteiger partial charge in [0.05, 0.1) is 13.2 Å². The van der Waals surface area contributed by atoms with Gasteiger partial charge in [-0.3, -0.25) is 4.99 Å². The lowest BCUT2D eigenvalue weighted by molar-refractivity contribution is 0.127. The van der Waals surface area contributed by atoms with E-state index in [9.17, 15) is 5.11 Å². The minimum Gasteiger partial charge on any atom is -0.492 e. The average Bonchev–Trinajstić information content (AvgIpc) is 3.03. The highest BCUT2D eigenvalue weighted by Gasteiger charge is 2.34. The van der Waals surface area contributed by atoms with Gasteiger partial charge in [0.25, 0.3) is 0 Å². The standard InChI is InChI=1S/C17H26ClN3O3/c1-19-16(21-12-17(5-8-22)6-9-23-13-17)20-7-10-24-15-4-2-3-14(18)11-15/h2-4,11,22H,5-10,12-13H2,1H3,(H2,19,20,21). The van der Waals surface area contributed by atoms with Crippen LogP contribution in [0.3, 0.4) is 0 Å². The normalized spacial score (nSPS) is 20.9. The van der Waals surface area contributed by atoms with Crippen LogP contribution in [0.2, 0.25) is 5.02 Å². The molecule has 1 atom stereocenters. The van der Waals surface area contributed by atoms with Gasteiger partial charge in [-0.15, -0.1) is 0 Å². The Kier molecular flexibility index (Phi) is 7.62. The molecule has 0 bridgehead atoms. The van der Waals surface area contributed by atoms with Crippen LogP contribution in [0.5, 0.6) is 5.75 Å². The van der Waals surface area contributed by atoms with E-state index < -0.39 is 0 Å². The number of nitrogens with zero attached hydrogens (tertiary/aromatic N) is 1. The monoisotopic (exact) mass is 355 g/mol. The molecule has 1 heterocycles. The smallest absolute Gasteiger partial charge is 0.191 e. The summed E-state index contributed by atoms with van der Waals surface area (Å²) < 4.78 is 11.1. The first-order valence-corrected chi connectivity index (χ1v) is 8.57. The first kappa shape index (κ1) is 18.8. The number of rotatable bonds is 8. The molecule has 0 aromatic heterocycles. The second-order valence-corrected chi connectivity index (χ2v) is 6.37. The number of benzene rings is 1. The zero-order chi connectivity index (χ0) is 17.3. The summed E-state index contributed by atoms with van der Waals surface area (Å²) in [5.41, 5.74) is -0.0103. The zero-order valence-electron chi connectivity index (χ0n) is 14.1. The molecule has 0 amide bonds. The third-order valence-corrected chi connectivity index (χ3v) is 4.38. The number of hydrogen-bond donors (Lipinski definition) is 3. The largest absolute Gasteiger partial charge is 0.492 e. The molecule has 3 N–H and O–H groups in total. The molecule has 1 aliphatic heterocycles.